The molecule has 0 amide bonds. The van der Waals surface area contributed by atoms with Crippen molar-refractivity contribution in [2.24, 2.45) is 0 Å². The van der Waals surface area contributed by atoms with Crippen LogP contribution in [0.2, 0.25) is 5.02 Å². The molecule has 0 aliphatic carbocycles. The molecule has 0 N–H and O–H groups in total. The molecule has 0 radical (unpaired) electrons. The zero-order chi connectivity index (χ0) is 22.5. The smallest absolute Gasteiger partial charge is 0.162 e. The van der Waals surface area contributed by atoms with Crippen LogP contribution in [0.1, 0.15) is 16.7 Å². The van der Waals surface area contributed by atoms with Crippen LogP contribution in [0, 0.1) is 11.3 Å². The number of nitrogens with zero attached hydrogens (tertiary/aromatic N) is 1. The Labute approximate surface area is 200 Å². The highest BCUT2D eigenvalue weighted by Crippen LogP contribution is 2.36. The van der Waals surface area contributed by atoms with Crippen molar-refractivity contribution in [1.29, 1.82) is 5.26 Å². The standard InChI is InChI=1S/C27H19BrClNO2/c1-31-26-14-20(13-21(16-30)23-11-4-5-12-25(23)29)24(28)15-27(26)32-17-19-9-6-8-18-7-2-3-10-22(18)19/h2-15H,17H2,1H3. The summed E-state index contributed by atoms with van der Waals surface area (Å²) in [5, 5.41) is 12.5. The van der Waals surface area contributed by atoms with Crippen LogP contribution >= 0.6 is 27.5 Å². The lowest BCUT2D eigenvalue weighted by atomic mass is 10.0. The second-order valence-corrected chi connectivity index (χ2v) is 8.36. The van der Waals surface area contributed by atoms with E-state index in [1.807, 2.05) is 48.5 Å². The van der Waals surface area contributed by atoms with E-state index in [4.69, 9.17) is 21.1 Å². The first kappa shape index (κ1) is 22.0. The normalized spacial score (nSPS) is 11.2. The summed E-state index contributed by atoms with van der Waals surface area (Å²) in [6, 6.07) is 27.6. The zero-order valence-corrected chi connectivity index (χ0v) is 19.7. The van der Waals surface area contributed by atoms with Gasteiger partial charge in [0.25, 0.3) is 0 Å². The van der Waals surface area contributed by atoms with Crippen molar-refractivity contribution in [3.8, 4) is 17.6 Å². The number of hydrogen-bond acceptors (Lipinski definition) is 3. The molecular weight excluding hydrogens is 486 g/mol. The van der Waals surface area contributed by atoms with Crippen molar-refractivity contribution >= 4 is 50.0 Å². The van der Waals surface area contributed by atoms with Crippen LogP contribution in [-0.2, 0) is 6.61 Å². The molecule has 0 saturated carbocycles. The quantitative estimate of drug-likeness (QED) is 0.198. The van der Waals surface area contributed by atoms with E-state index in [1.165, 1.54) is 5.39 Å². The van der Waals surface area contributed by atoms with E-state index < -0.39 is 0 Å². The van der Waals surface area contributed by atoms with Gasteiger partial charge in [-0.15, -0.1) is 0 Å². The maximum atomic E-state index is 9.69. The number of methoxy groups -OCH3 is 1. The molecule has 0 unspecified atom stereocenters. The number of hydrogen-bond donors (Lipinski definition) is 0. The summed E-state index contributed by atoms with van der Waals surface area (Å²) in [7, 11) is 1.60. The maximum Gasteiger partial charge on any atom is 0.162 e. The largest absolute Gasteiger partial charge is 0.493 e. The van der Waals surface area contributed by atoms with Gasteiger partial charge >= 0.3 is 0 Å². The summed E-state index contributed by atoms with van der Waals surface area (Å²) >= 11 is 9.88. The number of fused-ring (bicyclic) bond motifs is 1. The molecule has 0 fully saturated rings. The summed E-state index contributed by atoms with van der Waals surface area (Å²) in [6.07, 6.45) is 1.78. The highest BCUT2D eigenvalue weighted by atomic mass is 79.9. The first-order valence-electron chi connectivity index (χ1n) is 9.94. The SMILES string of the molecule is COc1cc(C=C(C#N)c2ccccc2Cl)c(Br)cc1OCc1cccc2ccccc12. The molecule has 3 nitrogen and oxygen atoms in total. The molecule has 0 saturated heterocycles. The Kier molecular flexibility index (Phi) is 6.80. The fourth-order valence-corrected chi connectivity index (χ4v) is 4.19. The number of benzene rings is 4. The maximum absolute atomic E-state index is 9.69. The lowest BCUT2D eigenvalue weighted by molar-refractivity contribution is 0.285. The molecule has 0 aliphatic heterocycles. The molecule has 4 aromatic rings. The molecule has 0 aromatic heterocycles. The van der Waals surface area contributed by atoms with Gasteiger partial charge in [0.15, 0.2) is 11.5 Å². The zero-order valence-electron chi connectivity index (χ0n) is 17.3. The van der Waals surface area contributed by atoms with Gasteiger partial charge in [-0.05, 0) is 46.2 Å². The second kappa shape index (κ2) is 9.91. The Hall–Kier alpha value is -3.26. The van der Waals surface area contributed by atoms with Gasteiger partial charge in [-0.1, -0.05) is 88.2 Å². The summed E-state index contributed by atoms with van der Waals surface area (Å²) in [6.45, 7) is 0.405. The average molecular weight is 505 g/mol. The van der Waals surface area contributed by atoms with Crippen LogP contribution in [0.4, 0.5) is 0 Å². The minimum absolute atomic E-state index is 0.405. The fourth-order valence-electron chi connectivity index (χ4n) is 3.51. The Balaban J connectivity index is 1.65. The highest BCUT2D eigenvalue weighted by Gasteiger charge is 2.13. The first-order chi connectivity index (χ1) is 15.6. The Morgan fingerprint density at radius 1 is 1.00 bits per heavy atom. The third kappa shape index (κ3) is 4.65. The summed E-state index contributed by atoms with van der Waals surface area (Å²) in [4.78, 5) is 0. The monoisotopic (exact) mass is 503 g/mol. The third-order valence-electron chi connectivity index (χ3n) is 5.13. The molecule has 0 heterocycles. The van der Waals surface area contributed by atoms with Gasteiger partial charge in [-0.2, -0.15) is 5.26 Å². The molecule has 0 aliphatic rings. The van der Waals surface area contributed by atoms with E-state index in [2.05, 4.69) is 46.3 Å². The van der Waals surface area contributed by atoms with Crippen LogP contribution in [0.25, 0.3) is 22.4 Å². The van der Waals surface area contributed by atoms with Crippen LogP contribution < -0.4 is 9.47 Å². The number of allylic oxidation sites excluding steroid dienone is 1. The van der Waals surface area contributed by atoms with Gasteiger partial charge in [-0.25, -0.2) is 0 Å². The van der Waals surface area contributed by atoms with Crippen LogP contribution in [0.15, 0.2) is 83.3 Å². The summed E-state index contributed by atoms with van der Waals surface area (Å²) in [5.74, 6) is 1.19. The minimum atomic E-state index is 0.405. The molecule has 4 aromatic carbocycles. The second-order valence-electron chi connectivity index (χ2n) is 7.10. The number of nitriles is 1. The third-order valence-corrected chi connectivity index (χ3v) is 6.15. The van der Waals surface area contributed by atoms with Crippen molar-refractivity contribution in [2.75, 3.05) is 7.11 Å². The number of ether oxygens (including phenoxy) is 2. The Bertz CT molecular complexity index is 1350. The van der Waals surface area contributed by atoms with Crippen molar-refractivity contribution in [2.45, 2.75) is 6.61 Å². The number of rotatable bonds is 6. The van der Waals surface area contributed by atoms with Crippen LogP contribution in [0.3, 0.4) is 0 Å². The van der Waals surface area contributed by atoms with E-state index in [0.717, 1.165) is 21.0 Å². The lowest BCUT2D eigenvalue weighted by Gasteiger charge is -2.14. The van der Waals surface area contributed by atoms with Crippen LogP contribution in [-0.4, -0.2) is 7.11 Å². The van der Waals surface area contributed by atoms with E-state index in [1.54, 1.807) is 19.3 Å². The first-order valence-corrected chi connectivity index (χ1v) is 11.1. The fraction of sp³-hybridized carbons (Fsp3) is 0.0741. The van der Waals surface area contributed by atoms with Gasteiger partial charge in [0.2, 0.25) is 0 Å². The van der Waals surface area contributed by atoms with Crippen molar-refractivity contribution < 1.29 is 9.47 Å². The number of halogens is 2. The van der Waals surface area contributed by atoms with E-state index in [9.17, 15) is 5.26 Å². The molecule has 158 valence electrons. The molecule has 5 heteroatoms. The topological polar surface area (TPSA) is 42.2 Å². The summed E-state index contributed by atoms with van der Waals surface area (Å²) < 4.78 is 12.5. The Morgan fingerprint density at radius 3 is 2.53 bits per heavy atom. The molecular formula is C27H19BrClNO2. The predicted molar refractivity (Wildman–Crippen MR) is 134 cm³/mol. The van der Waals surface area contributed by atoms with E-state index in [-0.39, 0.29) is 0 Å². The van der Waals surface area contributed by atoms with E-state index in [0.29, 0.717) is 34.3 Å². The summed E-state index contributed by atoms with van der Waals surface area (Å²) in [5.41, 5.74) is 3.02. The van der Waals surface area contributed by atoms with Crippen molar-refractivity contribution in [1.82, 2.24) is 0 Å². The van der Waals surface area contributed by atoms with Gasteiger partial charge in [0.05, 0.1) is 18.8 Å². The molecule has 4 rings (SSSR count). The highest BCUT2D eigenvalue weighted by molar-refractivity contribution is 9.10. The average Bonchev–Trinajstić information content (AvgIpc) is 2.82. The molecule has 0 atom stereocenters. The Morgan fingerprint density at radius 2 is 1.75 bits per heavy atom. The van der Waals surface area contributed by atoms with Gasteiger partial charge < -0.3 is 9.47 Å². The van der Waals surface area contributed by atoms with Gasteiger partial charge in [0.1, 0.15) is 6.61 Å². The lowest BCUT2D eigenvalue weighted by Crippen LogP contribution is -1.99. The molecule has 0 bridgehead atoms. The predicted octanol–water partition coefficient (Wildman–Crippen LogP) is 7.91. The molecule has 0 spiro atoms. The van der Waals surface area contributed by atoms with E-state index >= 15 is 0 Å². The van der Waals surface area contributed by atoms with Gasteiger partial charge in [0, 0.05) is 15.1 Å². The van der Waals surface area contributed by atoms with Gasteiger partial charge in [-0.3, -0.25) is 0 Å². The van der Waals surface area contributed by atoms with Crippen LogP contribution in [0.5, 0.6) is 11.5 Å². The van der Waals surface area contributed by atoms with Crippen molar-refractivity contribution in [3.63, 3.8) is 0 Å². The van der Waals surface area contributed by atoms with Crippen molar-refractivity contribution in [3.05, 3.63) is 105 Å². The molecule has 32 heavy (non-hydrogen) atoms. The minimum Gasteiger partial charge on any atom is -0.493 e.